The Hall–Kier alpha value is -0.570. The molecule has 2 atom stereocenters. The van der Waals surface area contributed by atoms with Gasteiger partial charge in [0.05, 0.1) is 12.6 Å². The minimum atomic E-state index is 0.256. The molecule has 0 aromatic heterocycles. The highest BCUT2D eigenvalue weighted by Gasteiger charge is 2.31. The van der Waals surface area contributed by atoms with Crippen molar-refractivity contribution in [1.82, 2.24) is 4.90 Å². The van der Waals surface area contributed by atoms with Gasteiger partial charge < -0.3 is 9.64 Å². The van der Waals surface area contributed by atoms with Gasteiger partial charge in [-0.05, 0) is 12.3 Å². The van der Waals surface area contributed by atoms with Crippen LogP contribution in [0.3, 0.4) is 0 Å². The highest BCUT2D eigenvalue weighted by Crippen LogP contribution is 2.23. The van der Waals surface area contributed by atoms with E-state index in [2.05, 4.69) is 6.92 Å². The molecule has 1 saturated heterocycles. The van der Waals surface area contributed by atoms with Crippen molar-refractivity contribution in [2.75, 3.05) is 20.3 Å². The van der Waals surface area contributed by atoms with Crippen molar-refractivity contribution in [2.24, 2.45) is 5.92 Å². The summed E-state index contributed by atoms with van der Waals surface area (Å²) < 4.78 is 5.11. The number of ether oxygens (including phenoxy) is 1. The second-order valence-corrected chi connectivity index (χ2v) is 3.85. The first-order chi connectivity index (χ1) is 6.19. The summed E-state index contributed by atoms with van der Waals surface area (Å²) in [6, 6.07) is 0.312. The standard InChI is InChI=1S/C10H19NO2/c1-4-10(12)11-6-8(2)5-9(11)7-13-3/h8-9H,4-7H2,1-3H3. The molecule has 1 fully saturated rings. The van der Waals surface area contributed by atoms with E-state index in [0.717, 1.165) is 13.0 Å². The van der Waals surface area contributed by atoms with E-state index >= 15 is 0 Å². The van der Waals surface area contributed by atoms with Crippen LogP contribution in [0.15, 0.2) is 0 Å². The quantitative estimate of drug-likeness (QED) is 0.663. The number of hydrogen-bond donors (Lipinski definition) is 0. The van der Waals surface area contributed by atoms with E-state index in [9.17, 15) is 4.79 Å². The third kappa shape index (κ3) is 2.44. The molecule has 0 radical (unpaired) electrons. The molecule has 3 heteroatoms. The molecular weight excluding hydrogens is 166 g/mol. The monoisotopic (exact) mass is 185 g/mol. The maximum absolute atomic E-state index is 11.5. The second kappa shape index (κ2) is 4.61. The van der Waals surface area contributed by atoms with E-state index in [4.69, 9.17) is 4.74 Å². The lowest BCUT2D eigenvalue weighted by Crippen LogP contribution is -2.37. The first-order valence-corrected chi connectivity index (χ1v) is 4.97. The summed E-state index contributed by atoms with van der Waals surface area (Å²) in [6.07, 6.45) is 1.69. The Kier molecular flexibility index (Phi) is 3.72. The Labute approximate surface area is 80.1 Å². The van der Waals surface area contributed by atoms with Crippen LogP contribution in [0, 0.1) is 5.92 Å². The van der Waals surface area contributed by atoms with Crippen LogP contribution in [-0.4, -0.2) is 37.1 Å². The summed E-state index contributed by atoms with van der Waals surface area (Å²) in [4.78, 5) is 13.5. The van der Waals surface area contributed by atoms with Crippen LogP contribution in [0.1, 0.15) is 26.7 Å². The van der Waals surface area contributed by atoms with Crippen molar-refractivity contribution in [3.8, 4) is 0 Å². The molecule has 0 aromatic carbocycles. The predicted molar refractivity (Wildman–Crippen MR) is 51.4 cm³/mol. The molecule has 1 heterocycles. The average Bonchev–Trinajstić information content (AvgIpc) is 2.46. The number of methoxy groups -OCH3 is 1. The van der Waals surface area contributed by atoms with Gasteiger partial charge in [-0.3, -0.25) is 4.79 Å². The van der Waals surface area contributed by atoms with Crippen molar-refractivity contribution in [3.05, 3.63) is 0 Å². The molecule has 0 spiro atoms. The van der Waals surface area contributed by atoms with Gasteiger partial charge in [-0.2, -0.15) is 0 Å². The lowest BCUT2D eigenvalue weighted by molar-refractivity contribution is -0.132. The summed E-state index contributed by atoms with van der Waals surface area (Å²) >= 11 is 0. The fraction of sp³-hybridized carbons (Fsp3) is 0.900. The van der Waals surface area contributed by atoms with Crippen LogP contribution < -0.4 is 0 Å². The van der Waals surface area contributed by atoms with Gasteiger partial charge >= 0.3 is 0 Å². The Morgan fingerprint density at radius 3 is 2.85 bits per heavy atom. The molecule has 1 aliphatic rings. The lowest BCUT2D eigenvalue weighted by atomic mass is 10.1. The van der Waals surface area contributed by atoms with Gasteiger partial charge in [-0.1, -0.05) is 13.8 Å². The van der Waals surface area contributed by atoms with Crippen molar-refractivity contribution >= 4 is 5.91 Å². The molecule has 13 heavy (non-hydrogen) atoms. The fourth-order valence-corrected chi connectivity index (χ4v) is 2.01. The lowest BCUT2D eigenvalue weighted by Gasteiger charge is -2.23. The topological polar surface area (TPSA) is 29.5 Å². The van der Waals surface area contributed by atoms with Gasteiger partial charge in [0.25, 0.3) is 0 Å². The van der Waals surface area contributed by atoms with Crippen LogP contribution in [-0.2, 0) is 9.53 Å². The van der Waals surface area contributed by atoms with Crippen molar-refractivity contribution in [3.63, 3.8) is 0 Å². The zero-order valence-corrected chi connectivity index (χ0v) is 8.75. The van der Waals surface area contributed by atoms with Gasteiger partial charge in [0, 0.05) is 20.1 Å². The van der Waals surface area contributed by atoms with Gasteiger partial charge in [-0.25, -0.2) is 0 Å². The van der Waals surface area contributed by atoms with E-state index < -0.39 is 0 Å². The summed E-state index contributed by atoms with van der Waals surface area (Å²) in [7, 11) is 1.69. The maximum Gasteiger partial charge on any atom is 0.222 e. The van der Waals surface area contributed by atoms with E-state index in [1.165, 1.54) is 0 Å². The summed E-state index contributed by atoms with van der Waals surface area (Å²) in [5, 5.41) is 0. The number of rotatable bonds is 3. The molecule has 76 valence electrons. The first-order valence-electron chi connectivity index (χ1n) is 4.97. The molecule has 2 unspecified atom stereocenters. The Morgan fingerprint density at radius 2 is 2.31 bits per heavy atom. The number of nitrogens with zero attached hydrogens (tertiary/aromatic N) is 1. The molecular formula is C10H19NO2. The van der Waals surface area contributed by atoms with Crippen LogP contribution in [0.4, 0.5) is 0 Å². The minimum absolute atomic E-state index is 0.256. The Bertz CT molecular complexity index is 182. The van der Waals surface area contributed by atoms with Gasteiger partial charge in [0.1, 0.15) is 0 Å². The zero-order valence-electron chi connectivity index (χ0n) is 8.75. The molecule has 0 saturated carbocycles. The van der Waals surface area contributed by atoms with Crippen molar-refractivity contribution in [2.45, 2.75) is 32.7 Å². The van der Waals surface area contributed by atoms with E-state index in [1.54, 1.807) is 7.11 Å². The van der Waals surface area contributed by atoms with Crippen molar-refractivity contribution < 1.29 is 9.53 Å². The average molecular weight is 185 g/mol. The Balaban J connectivity index is 2.55. The summed E-state index contributed by atoms with van der Waals surface area (Å²) in [5.41, 5.74) is 0. The van der Waals surface area contributed by atoms with E-state index in [0.29, 0.717) is 25.0 Å². The zero-order chi connectivity index (χ0) is 9.84. The molecule has 1 amide bonds. The van der Waals surface area contributed by atoms with Crippen LogP contribution in [0.25, 0.3) is 0 Å². The molecule has 0 bridgehead atoms. The maximum atomic E-state index is 11.5. The molecule has 1 rings (SSSR count). The Morgan fingerprint density at radius 1 is 1.62 bits per heavy atom. The molecule has 0 N–H and O–H groups in total. The van der Waals surface area contributed by atoms with Crippen molar-refractivity contribution in [1.29, 1.82) is 0 Å². The SMILES string of the molecule is CCC(=O)N1CC(C)CC1COC. The fourth-order valence-electron chi connectivity index (χ4n) is 2.01. The second-order valence-electron chi connectivity index (χ2n) is 3.85. The van der Waals surface area contributed by atoms with Gasteiger partial charge in [0.15, 0.2) is 0 Å². The highest BCUT2D eigenvalue weighted by molar-refractivity contribution is 5.76. The number of carbonyl (C=O) groups excluding carboxylic acids is 1. The predicted octanol–water partition coefficient (Wildman–Crippen LogP) is 1.28. The largest absolute Gasteiger partial charge is 0.383 e. The van der Waals surface area contributed by atoms with Crippen LogP contribution in [0.2, 0.25) is 0 Å². The third-order valence-electron chi connectivity index (χ3n) is 2.61. The van der Waals surface area contributed by atoms with Crippen LogP contribution in [0.5, 0.6) is 0 Å². The number of amides is 1. The summed E-state index contributed by atoms with van der Waals surface area (Å²) in [6.45, 7) is 5.68. The minimum Gasteiger partial charge on any atom is -0.383 e. The molecule has 3 nitrogen and oxygen atoms in total. The number of likely N-dealkylation sites (tertiary alicyclic amines) is 1. The normalized spacial score (nSPS) is 28.1. The third-order valence-corrected chi connectivity index (χ3v) is 2.61. The molecule has 0 aliphatic carbocycles. The highest BCUT2D eigenvalue weighted by atomic mass is 16.5. The molecule has 0 aromatic rings. The van der Waals surface area contributed by atoms with E-state index in [-0.39, 0.29) is 5.91 Å². The van der Waals surface area contributed by atoms with Gasteiger partial charge in [0.2, 0.25) is 5.91 Å². The van der Waals surface area contributed by atoms with Crippen LogP contribution >= 0.6 is 0 Å². The smallest absolute Gasteiger partial charge is 0.222 e. The number of hydrogen-bond acceptors (Lipinski definition) is 2. The first kappa shape index (κ1) is 10.5. The van der Waals surface area contributed by atoms with E-state index in [1.807, 2.05) is 11.8 Å². The van der Waals surface area contributed by atoms with Gasteiger partial charge in [-0.15, -0.1) is 0 Å². The molecule has 1 aliphatic heterocycles. The summed E-state index contributed by atoms with van der Waals surface area (Å²) in [5.74, 6) is 0.877. The number of carbonyl (C=O) groups is 1.